The summed E-state index contributed by atoms with van der Waals surface area (Å²) in [6, 6.07) is 0. The third-order valence-corrected chi connectivity index (χ3v) is 2.47. The topological polar surface area (TPSA) is 50.4 Å². The molecule has 0 heterocycles. The molecular weight excluding hydrogens is 204 g/mol. The second-order valence-corrected chi connectivity index (χ2v) is 4.89. The summed E-state index contributed by atoms with van der Waals surface area (Å²) in [5, 5.41) is 5.92. The van der Waals surface area contributed by atoms with Crippen molar-refractivity contribution in [3.8, 4) is 0 Å². The molecule has 0 radical (unpaired) electrons. The fraction of sp³-hybridized carbons (Fsp3) is 0.917. The lowest BCUT2D eigenvalue weighted by atomic mass is 10.2. The Bertz CT molecular complexity index is 203. The van der Waals surface area contributed by atoms with E-state index < -0.39 is 0 Å². The van der Waals surface area contributed by atoms with Gasteiger partial charge in [0.25, 0.3) is 0 Å². The highest BCUT2D eigenvalue weighted by Gasteiger charge is 2.20. The SMILES string of the molecule is CC(C)CNC(=O)CNCCOCC1CC1. The van der Waals surface area contributed by atoms with Gasteiger partial charge in [-0.3, -0.25) is 4.79 Å². The molecule has 0 spiro atoms. The molecule has 16 heavy (non-hydrogen) atoms. The van der Waals surface area contributed by atoms with Crippen LogP contribution in [0.15, 0.2) is 0 Å². The molecule has 0 aromatic carbocycles. The second kappa shape index (κ2) is 7.63. The molecule has 4 heteroatoms. The average Bonchev–Trinajstić information content (AvgIpc) is 3.04. The first kappa shape index (κ1) is 13.5. The maximum atomic E-state index is 11.3. The summed E-state index contributed by atoms with van der Waals surface area (Å²) < 4.78 is 5.44. The van der Waals surface area contributed by atoms with E-state index in [1.807, 2.05) is 0 Å². The molecule has 94 valence electrons. The van der Waals surface area contributed by atoms with Gasteiger partial charge in [-0.05, 0) is 24.7 Å². The molecule has 0 atom stereocenters. The predicted octanol–water partition coefficient (Wildman–Crippen LogP) is 0.775. The Hall–Kier alpha value is -0.610. The van der Waals surface area contributed by atoms with E-state index in [4.69, 9.17) is 4.74 Å². The largest absolute Gasteiger partial charge is 0.380 e. The minimum absolute atomic E-state index is 0.0656. The van der Waals surface area contributed by atoms with Gasteiger partial charge in [0.2, 0.25) is 5.91 Å². The summed E-state index contributed by atoms with van der Waals surface area (Å²) in [5.74, 6) is 1.39. The standard InChI is InChI=1S/C12H24N2O2/c1-10(2)7-14-12(15)8-13-5-6-16-9-11-3-4-11/h10-11,13H,3-9H2,1-2H3,(H,14,15). The van der Waals surface area contributed by atoms with Gasteiger partial charge in [-0.15, -0.1) is 0 Å². The highest BCUT2D eigenvalue weighted by atomic mass is 16.5. The van der Waals surface area contributed by atoms with Crippen LogP contribution in [0.5, 0.6) is 0 Å². The molecule has 1 amide bonds. The summed E-state index contributed by atoms with van der Waals surface area (Å²) in [6.45, 7) is 7.65. The Morgan fingerprint density at radius 2 is 2.19 bits per heavy atom. The molecule has 0 aliphatic heterocycles. The number of amides is 1. The van der Waals surface area contributed by atoms with Crippen LogP contribution in [0.4, 0.5) is 0 Å². The van der Waals surface area contributed by atoms with E-state index in [2.05, 4.69) is 24.5 Å². The molecule has 0 unspecified atom stereocenters. The molecule has 0 bridgehead atoms. The molecule has 0 aromatic rings. The van der Waals surface area contributed by atoms with Crippen LogP contribution in [0, 0.1) is 11.8 Å². The minimum atomic E-state index is 0.0656. The molecular formula is C12H24N2O2. The van der Waals surface area contributed by atoms with Gasteiger partial charge in [0, 0.05) is 19.7 Å². The lowest BCUT2D eigenvalue weighted by Crippen LogP contribution is -2.36. The molecule has 1 saturated carbocycles. The van der Waals surface area contributed by atoms with Crippen molar-refractivity contribution in [2.24, 2.45) is 11.8 Å². The zero-order valence-corrected chi connectivity index (χ0v) is 10.4. The third-order valence-electron chi connectivity index (χ3n) is 2.47. The Labute approximate surface area is 98.1 Å². The van der Waals surface area contributed by atoms with Crippen LogP contribution in [-0.2, 0) is 9.53 Å². The summed E-state index contributed by atoms with van der Waals surface area (Å²) in [5.41, 5.74) is 0. The Morgan fingerprint density at radius 1 is 1.44 bits per heavy atom. The Balaban J connectivity index is 1.80. The van der Waals surface area contributed by atoms with Crippen LogP contribution in [0.25, 0.3) is 0 Å². The number of rotatable bonds is 9. The van der Waals surface area contributed by atoms with E-state index in [-0.39, 0.29) is 5.91 Å². The monoisotopic (exact) mass is 228 g/mol. The predicted molar refractivity (Wildman–Crippen MR) is 64.3 cm³/mol. The number of ether oxygens (including phenoxy) is 1. The first-order valence-electron chi connectivity index (χ1n) is 6.23. The normalized spacial score (nSPS) is 15.4. The summed E-state index contributed by atoms with van der Waals surface area (Å²) in [6.07, 6.45) is 2.65. The van der Waals surface area contributed by atoms with Gasteiger partial charge < -0.3 is 15.4 Å². The van der Waals surface area contributed by atoms with Gasteiger partial charge >= 0.3 is 0 Å². The Morgan fingerprint density at radius 3 is 2.81 bits per heavy atom. The summed E-state index contributed by atoms with van der Waals surface area (Å²) >= 11 is 0. The zero-order chi connectivity index (χ0) is 11.8. The average molecular weight is 228 g/mol. The maximum absolute atomic E-state index is 11.3. The smallest absolute Gasteiger partial charge is 0.233 e. The van der Waals surface area contributed by atoms with Crippen molar-refractivity contribution >= 4 is 5.91 Å². The number of carbonyl (C=O) groups is 1. The lowest BCUT2D eigenvalue weighted by Gasteiger charge is -2.08. The van der Waals surface area contributed by atoms with Crippen molar-refractivity contribution in [1.82, 2.24) is 10.6 Å². The van der Waals surface area contributed by atoms with E-state index >= 15 is 0 Å². The maximum Gasteiger partial charge on any atom is 0.233 e. The van der Waals surface area contributed by atoms with Crippen LogP contribution in [0.2, 0.25) is 0 Å². The van der Waals surface area contributed by atoms with Gasteiger partial charge in [0.05, 0.1) is 13.2 Å². The number of hydrogen-bond donors (Lipinski definition) is 2. The molecule has 1 aliphatic carbocycles. The van der Waals surface area contributed by atoms with Crippen molar-refractivity contribution in [2.45, 2.75) is 26.7 Å². The fourth-order valence-electron chi connectivity index (χ4n) is 1.26. The fourth-order valence-corrected chi connectivity index (χ4v) is 1.26. The van der Waals surface area contributed by atoms with Gasteiger partial charge in [-0.2, -0.15) is 0 Å². The van der Waals surface area contributed by atoms with Gasteiger partial charge in [-0.25, -0.2) is 0 Å². The van der Waals surface area contributed by atoms with Gasteiger partial charge in [0.15, 0.2) is 0 Å². The molecule has 4 nitrogen and oxygen atoms in total. The first-order valence-corrected chi connectivity index (χ1v) is 6.23. The lowest BCUT2D eigenvalue weighted by molar-refractivity contribution is -0.120. The first-order chi connectivity index (χ1) is 7.68. The number of nitrogens with one attached hydrogen (secondary N) is 2. The molecule has 2 N–H and O–H groups in total. The zero-order valence-electron chi connectivity index (χ0n) is 10.4. The van der Waals surface area contributed by atoms with Crippen molar-refractivity contribution in [3.05, 3.63) is 0 Å². The van der Waals surface area contributed by atoms with Crippen LogP contribution in [0.3, 0.4) is 0 Å². The van der Waals surface area contributed by atoms with Crippen molar-refractivity contribution < 1.29 is 9.53 Å². The van der Waals surface area contributed by atoms with Crippen LogP contribution in [0.1, 0.15) is 26.7 Å². The van der Waals surface area contributed by atoms with Crippen molar-refractivity contribution in [1.29, 1.82) is 0 Å². The van der Waals surface area contributed by atoms with E-state index in [9.17, 15) is 4.79 Å². The van der Waals surface area contributed by atoms with E-state index in [1.54, 1.807) is 0 Å². The Kier molecular flexibility index (Phi) is 6.42. The van der Waals surface area contributed by atoms with Crippen molar-refractivity contribution in [2.75, 3.05) is 32.8 Å². The van der Waals surface area contributed by atoms with Crippen LogP contribution in [-0.4, -0.2) is 38.8 Å². The minimum Gasteiger partial charge on any atom is -0.380 e. The molecule has 0 aromatic heterocycles. The van der Waals surface area contributed by atoms with Crippen LogP contribution < -0.4 is 10.6 Å². The quantitative estimate of drug-likeness (QED) is 0.573. The highest BCUT2D eigenvalue weighted by molar-refractivity contribution is 5.77. The molecule has 1 aliphatic rings. The number of carbonyl (C=O) groups excluding carboxylic acids is 1. The van der Waals surface area contributed by atoms with Gasteiger partial charge in [-0.1, -0.05) is 13.8 Å². The second-order valence-electron chi connectivity index (χ2n) is 4.89. The molecule has 0 saturated heterocycles. The highest BCUT2D eigenvalue weighted by Crippen LogP contribution is 2.28. The summed E-state index contributed by atoms with van der Waals surface area (Å²) in [7, 11) is 0. The van der Waals surface area contributed by atoms with Gasteiger partial charge in [0.1, 0.15) is 0 Å². The van der Waals surface area contributed by atoms with Crippen molar-refractivity contribution in [3.63, 3.8) is 0 Å². The number of hydrogen-bond acceptors (Lipinski definition) is 3. The van der Waals surface area contributed by atoms with E-state index in [0.29, 0.717) is 19.1 Å². The summed E-state index contributed by atoms with van der Waals surface area (Å²) in [4.78, 5) is 11.3. The van der Waals surface area contributed by atoms with Crippen LogP contribution >= 0.6 is 0 Å². The van der Waals surface area contributed by atoms with E-state index in [1.165, 1.54) is 12.8 Å². The van der Waals surface area contributed by atoms with E-state index in [0.717, 1.165) is 25.6 Å². The third kappa shape index (κ3) is 7.65. The molecule has 1 rings (SSSR count). The molecule has 1 fully saturated rings.